The Kier molecular flexibility index (Phi) is 4.19. The van der Waals surface area contributed by atoms with E-state index in [9.17, 15) is 4.79 Å². The zero-order valence-electron chi connectivity index (χ0n) is 9.64. The summed E-state index contributed by atoms with van der Waals surface area (Å²) < 4.78 is 0. The van der Waals surface area contributed by atoms with Crippen LogP contribution in [0.3, 0.4) is 0 Å². The molecule has 0 saturated carbocycles. The number of carboxylic acid groups (broad SMARTS) is 1. The summed E-state index contributed by atoms with van der Waals surface area (Å²) in [5.74, 6) is -0.696. The SMILES string of the molecule is CC(CN(C)C)Nc1nnccc1C(=O)O. The van der Waals surface area contributed by atoms with Gasteiger partial charge in [0.25, 0.3) is 0 Å². The predicted molar refractivity (Wildman–Crippen MR) is 60.6 cm³/mol. The van der Waals surface area contributed by atoms with E-state index in [4.69, 9.17) is 5.11 Å². The van der Waals surface area contributed by atoms with E-state index in [0.29, 0.717) is 5.82 Å². The topological polar surface area (TPSA) is 78.3 Å². The number of likely N-dealkylation sites (N-methyl/N-ethyl adjacent to an activating group) is 1. The van der Waals surface area contributed by atoms with Gasteiger partial charge in [-0.25, -0.2) is 4.79 Å². The molecule has 1 atom stereocenters. The third kappa shape index (κ3) is 3.47. The van der Waals surface area contributed by atoms with Crippen molar-refractivity contribution in [1.82, 2.24) is 15.1 Å². The zero-order valence-corrected chi connectivity index (χ0v) is 9.64. The zero-order chi connectivity index (χ0) is 12.1. The second-order valence-electron chi connectivity index (χ2n) is 3.91. The fourth-order valence-electron chi connectivity index (χ4n) is 1.44. The fraction of sp³-hybridized carbons (Fsp3) is 0.500. The average molecular weight is 224 g/mol. The second kappa shape index (κ2) is 5.41. The Balaban J connectivity index is 2.76. The molecular weight excluding hydrogens is 208 g/mol. The maximum absolute atomic E-state index is 10.9. The fourth-order valence-corrected chi connectivity index (χ4v) is 1.44. The standard InChI is InChI=1S/C10H16N4O2/c1-7(6-14(2)3)12-9-8(10(15)16)4-5-11-13-9/h4-5,7H,6H2,1-3H3,(H,12,13)(H,15,16). The number of aromatic carboxylic acids is 1. The smallest absolute Gasteiger partial charge is 0.339 e. The van der Waals surface area contributed by atoms with Gasteiger partial charge >= 0.3 is 5.97 Å². The number of rotatable bonds is 5. The highest BCUT2D eigenvalue weighted by Gasteiger charge is 2.13. The lowest BCUT2D eigenvalue weighted by atomic mass is 10.2. The summed E-state index contributed by atoms with van der Waals surface area (Å²) in [4.78, 5) is 12.9. The normalized spacial score (nSPS) is 12.5. The molecule has 0 aliphatic rings. The molecule has 1 heterocycles. The maximum atomic E-state index is 10.9. The molecule has 1 aromatic heterocycles. The first kappa shape index (κ1) is 12.4. The molecule has 0 fully saturated rings. The summed E-state index contributed by atoms with van der Waals surface area (Å²) in [7, 11) is 3.90. The molecule has 0 aromatic carbocycles. The number of carbonyl (C=O) groups is 1. The van der Waals surface area contributed by atoms with Crippen molar-refractivity contribution < 1.29 is 9.90 Å². The molecule has 0 radical (unpaired) electrons. The van der Waals surface area contributed by atoms with E-state index in [0.717, 1.165) is 6.54 Å². The Bertz CT molecular complexity index is 368. The van der Waals surface area contributed by atoms with Crippen LogP contribution in [0.25, 0.3) is 0 Å². The van der Waals surface area contributed by atoms with Crippen molar-refractivity contribution in [3.8, 4) is 0 Å². The van der Waals surface area contributed by atoms with Crippen molar-refractivity contribution in [1.29, 1.82) is 0 Å². The molecule has 0 aliphatic heterocycles. The van der Waals surface area contributed by atoms with Gasteiger partial charge in [-0.05, 0) is 27.1 Å². The van der Waals surface area contributed by atoms with Gasteiger partial charge in [0, 0.05) is 12.6 Å². The van der Waals surface area contributed by atoms with Crippen molar-refractivity contribution in [3.05, 3.63) is 17.8 Å². The van der Waals surface area contributed by atoms with Gasteiger partial charge in [-0.2, -0.15) is 5.10 Å². The van der Waals surface area contributed by atoms with E-state index < -0.39 is 5.97 Å². The first-order valence-corrected chi connectivity index (χ1v) is 4.97. The molecule has 0 bridgehead atoms. The molecule has 1 unspecified atom stereocenters. The van der Waals surface area contributed by atoms with Crippen LogP contribution in [0.2, 0.25) is 0 Å². The van der Waals surface area contributed by atoms with E-state index in [1.54, 1.807) is 0 Å². The molecule has 16 heavy (non-hydrogen) atoms. The highest BCUT2D eigenvalue weighted by atomic mass is 16.4. The summed E-state index contributed by atoms with van der Waals surface area (Å²) in [6.45, 7) is 2.75. The number of nitrogens with zero attached hydrogens (tertiary/aromatic N) is 3. The molecular formula is C10H16N4O2. The van der Waals surface area contributed by atoms with Gasteiger partial charge in [0.05, 0.1) is 6.20 Å². The van der Waals surface area contributed by atoms with Gasteiger partial charge in [0.2, 0.25) is 0 Å². The van der Waals surface area contributed by atoms with Crippen molar-refractivity contribution in [3.63, 3.8) is 0 Å². The van der Waals surface area contributed by atoms with Crippen LogP contribution in [0.5, 0.6) is 0 Å². The van der Waals surface area contributed by atoms with Gasteiger partial charge < -0.3 is 15.3 Å². The van der Waals surface area contributed by atoms with Gasteiger partial charge in [-0.3, -0.25) is 0 Å². The summed E-state index contributed by atoms with van der Waals surface area (Å²) in [6.07, 6.45) is 1.37. The predicted octanol–water partition coefficient (Wildman–Crippen LogP) is 0.537. The molecule has 0 aliphatic carbocycles. The molecule has 1 rings (SSSR count). The molecule has 0 spiro atoms. The van der Waals surface area contributed by atoms with Crippen LogP contribution in [-0.2, 0) is 0 Å². The Hall–Kier alpha value is -1.69. The number of nitrogens with one attached hydrogen (secondary N) is 1. The lowest BCUT2D eigenvalue weighted by Gasteiger charge is -2.19. The second-order valence-corrected chi connectivity index (χ2v) is 3.91. The summed E-state index contributed by atoms with van der Waals surface area (Å²) in [5.41, 5.74) is 0.139. The maximum Gasteiger partial charge on any atom is 0.339 e. The number of anilines is 1. The monoisotopic (exact) mass is 224 g/mol. The van der Waals surface area contributed by atoms with Gasteiger partial charge in [0.15, 0.2) is 5.82 Å². The number of carboxylic acids is 1. The van der Waals surface area contributed by atoms with Crippen molar-refractivity contribution >= 4 is 11.8 Å². The van der Waals surface area contributed by atoms with Crippen LogP contribution in [0.1, 0.15) is 17.3 Å². The quantitative estimate of drug-likeness (QED) is 0.760. The Morgan fingerprint density at radius 1 is 1.62 bits per heavy atom. The Labute approximate surface area is 94.3 Å². The lowest BCUT2D eigenvalue weighted by molar-refractivity contribution is 0.0697. The Morgan fingerprint density at radius 3 is 2.88 bits per heavy atom. The molecule has 6 heteroatoms. The molecule has 0 saturated heterocycles. The average Bonchev–Trinajstić information content (AvgIpc) is 2.16. The highest BCUT2D eigenvalue weighted by molar-refractivity contribution is 5.92. The van der Waals surface area contributed by atoms with E-state index in [1.807, 2.05) is 25.9 Å². The van der Waals surface area contributed by atoms with Crippen molar-refractivity contribution in [2.24, 2.45) is 0 Å². The van der Waals surface area contributed by atoms with Crippen LogP contribution in [0, 0.1) is 0 Å². The van der Waals surface area contributed by atoms with E-state index in [2.05, 4.69) is 15.5 Å². The minimum Gasteiger partial charge on any atom is -0.478 e. The lowest BCUT2D eigenvalue weighted by Crippen LogP contribution is -2.30. The van der Waals surface area contributed by atoms with Crippen molar-refractivity contribution in [2.45, 2.75) is 13.0 Å². The van der Waals surface area contributed by atoms with Crippen LogP contribution < -0.4 is 5.32 Å². The van der Waals surface area contributed by atoms with Crippen LogP contribution in [-0.4, -0.2) is 52.9 Å². The number of aromatic nitrogens is 2. The van der Waals surface area contributed by atoms with Gasteiger partial charge in [-0.15, -0.1) is 5.10 Å². The summed E-state index contributed by atoms with van der Waals surface area (Å²) >= 11 is 0. The minimum atomic E-state index is -1.01. The minimum absolute atomic E-state index is 0.102. The third-order valence-electron chi connectivity index (χ3n) is 1.97. The summed E-state index contributed by atoms with van der Waals surface area (Å²) in [5, 5.41) is 19.4. The van der Waals surface area contributed by atoms with Crippen LogP contribution in [0.4, 0.5) is 5.82 Å². The van der Waals surface area contributed by atoms with E-state index in [1.165, 1.54) is 12.3 Å². The molecule has 6 nitrogen and oxygen atoms in total. The van der Waals surface area contributed by atoms with Crippen molar-refractivity contribution in [2.75, 3.05) is 26.0 Å². The van der Waals surface area contributed by atoms with E-state index in [-0.39, 0.29) is 11.6 Å². The first-order chi connectivity index (χ1) is 7.50. The van der Waals surface area contributed by atoms with Crippen LogP contribution in [0.15, 0.2) is 12.3 Å². The molecule has 0 amide bonds. The van der Waals surface area contributed by atoms with Crippen LogP contribution >= 0.6 is 0 Å². The first-order valence-electron chi connectivity index (χ1n) is 4.97. The molecule has 2 N–H and O–H groups in total. The Morgan fingerprint density at radius 2 is 2.31 bits per heavy atom. The van der Waals surface area contributed by atoms with Gasteiger partial charge in [0.1, 0.15) is 5.56 Å². The largest absolute Gasteiger partial charge is 0.478 e. The number of hydrogen-bond donors (Lipinski definition) is 2. The summed E-state index contributed by atoms with van der Waals surface area (Å²) in [6, 6.07) is 1.53. The van der Waals surface area contributed by atoms with Gasteiger partial charge in [-0.1, -0.05) is 0 Å². The third-order valence-corrected chi connectivity index (χ3v) is 1.97. The molecule has 1 aromatic rings. The number of hydrogen-bond acceptors (Lipinski definition) is 5. The van der Waals surface area contributed by atoms with E-state index >= 15 is 0 Å². The molecule has 88 valence electrons. The highest BCUT2D eigenvalue weighted by Crippen LogP contribution is 2.11.